The highest BCUT2D eigenvalue weighted by atomic mass is 16.6. The van der Waals surface area contributed by atoms with Gasteiger partial charge in [-0.2, -0.15) is 0 Å². The summed E-state index contributed by atoms with van der Waals surface area (Å²) in [6.45, 7) is 4.59. The first-order chi connectivity index (χ1) is 7.74. The summed E-state index contributed by atoms with van der Waals surface area (Å²) in [6.07, 6.45) is -1.23. The van der Waals surface area contributed by atoms with E-state index in [2.05, 4.69) is 0 Å². The van der Waals surface area contributed by atoms with Gasteiger partial charge in [-0.1, -0.05) is 0 Å². The second-order valence-electron chi connectivity index (χ2n) is 5.16. The molecule has 17 heavy (non-hydrogen) atoms. The van der Waals surface area contributed by atoms with Gasteiger partial charge in [0.2, 0.25) is 0 Å². The van der Waals surface area contributed by atoms with Crippen LogP contribution in [0, 0.1) is 0 Å². The number of aliphatic hydroxyl groups is 2. The predicted molar refractivity (Wildman–Crippen MR) is 59.4 cm³/mol. The first-order valence-electron chi connectivity index (χ1n) is 5.56. The van der Waals surface area contributed by atoms with Crippen molar-refractivity contribution >= 4 is 11.9 Å². The van der Waals surface area contributed by atoms with E-state index in [1.54, 1.807) is 20.8 Å². The van der Waals surface area contributed by atoms with Gasteiger partial charge < -0.3 is 14.9 Å². The van der Waals surface area contributed by atoms with Gasteiger partial charge in [-0.3, -0.25) is 9.69 Å². The van der Waals surface area contributed by atoms with Crippen LogP contribution in [0.2, 0.25) is 0 Å². The van der Waals surface area contributed by atoms with E-state index in [0.29, 0.717) is 0 Å². The van der Waals surface area contributed by atoms with E-state index in [1.807, 2.05) is 0 Å². The molecule has 0 aliphatic carbocycles. The van der Waals surface area contributed by atoms with E-state index in [9.17, 15) is 14.7 Å². The average Bonchev–Trinajstić information content (AvgIpc) is 2.56. The van der Waals surface area contributed by atoms with Gasteiger partial charge in [-0.15, -0.1) is 0 Å². The van der Waals surface area contributed by atoms with Gasteiger partial charge in [-0.25, -0.2) is 4.79 Å². The number of carbonyl (C=O) groups excluding carboxylic acids is 2. The lowest BCUT2D eigenvalue weighted by molar-refractivity contribution is -0.126. The van der Waals surface area contributed by atoms with Crippen molar-refractivity contribution in [1.82, 2.24) is 4.90 Å². The van der Waals surface area contributed by atoms with E-state index >= 15 is 0 Å². The highest BCUT2D eigenvalue weighted by molar-refractivity contribution is 5.88. The quantitative estimate of drug-likeness (QED) is 0.710. The van der Waals surface area contributed by atoms with Crippen LogP contribution in [-0.2, 0) is 9.53 Å². The minimum atomic E-state index is -0.787. The summed E-state index contributed by atoms with van der Waals surface area (Å²) in [7, 11) is 0. The number of Topliss-reactive ketones (excluding diaryl/α,β-unsaturated/α-hetero) is 1. The average molecular weight is 245 g/mol. The maximum absolute atomic E-state index is 11.8. The number of nitrogens with zero attached hydrogens (tertiary/aromatic N) is 1. The molecule has 1 aliphatic heterocycles. The summed E-state index contributed by atoms with van der Waals surface area (Å²) in [6, 6.07) is -0.787. The summed E-state index contributed by atoms with van der Waals surface area (Å²) in [5, 5.41) is 18.3. The lowest BCUT2D eigenvalue weighted by Crippen LogP contribution is -2.44. The number of carbonyl (C=O) groups is 2. The van der Waals surface area contributed by atoms with Gasteiger partial charge in [0.25, 0.3) is 0 Å². The Morgan fingerprint density at radius 3 is 2.47 bits per heavy atom. The topological polar surface area (TPSA) is 87.1 Å². The molecule has 1 rings (SSSR count). The van der Waals surface area contributed by atoms with Crippen molar-refractivity contribution in [2.75, 3.05) is 13.2 Å². The monoisotopic (exact) mass is 245 g/mol. The molecule has 0 unspecified atom stereocenters. The minimum absolute atomic E-state index is 0.0608. The SMILES string of the molecule is CC(C)(C)OC(=O)N1C[C@H](O)C[C@H]1C(=O)CO. The fourth-order valence-electron chi connectivity index (χ4n) is 1.75. The number of amides is 1. The Kier molecular flexibility index (Phi) is 4.11. The number of likely N-dealkylation sites (tertiary alicyclic amines) is 1. The van der Waals surface area contributed by atoms with Crippen molar-refractivity contribution in [3.05, 3.63) is 0 Å². The van der Waals surface area contributed by atoms with Gasteiger partial charge in [-0.05, 0) is 20.8 Å². The molecule has 0 spiro atoms. The molecule has 98 valence electrons. The second kappa shape index (κ2) is 5.01. The largest absolute Gasteiger partial charge is 0.444 e. The highest BCUT2D eigenvalue weighted by Crippen LogP contribution is 2.21. The highest BCUT2D eigenvalue weighted by Gasteiger charge is 2.40. The summed E-state index contributed by atoms with van der Waals surface area (Å²) >= 11 is 0. The van der Waals surface area contributed by atoms with Crippen LogP contribution in [0.25, 0.3) is 0 Å². The summed E-state index contributed by atoms with van der Waals surface area (Å²) in [4.78, 5) is 24.4. The van der Waals surface area contributed by atoms with E-state index in [-0.39, 0.29) is 13.0 Å². The Morgan fingerprint density at radius 1 is 1.41 bits per heavy atom. The maximum Gasteiger partial charge on any atom is 0.410 e. The van der Waals surface area contributed by atoms with Crippen molar-refractivity contribution in [1.29, 1.82) is 0 Å². The summed E-state index contributed by atoms with van der Waals surface area (Å²) in [5.41, 5.74) is -0.655. The molecule has 0 bridgehead atoms. The summed E-state index contributed by atoms with van der Waals surface area (Å²) in [5.74, 6) is -0.479. The number of β-amino-alcohol motifs (C(OH)–C–C–N with tert-alkyl or cyclic N) is 1. The molecule has 1 fully saturated rings. The predicted octanol–water partition coefficient (Wildman–Crippen LogP) is -0.0819. The normalized spacial score (nSPS) is 24.9. The molecular weight excluding hydrogens is 226 g/mol. The third-order valence-corrected chi connectivity index (χ3v) is 2.43. The molecule has 0 radical (unpaired) electrons. The molecule has 2 atom stereocenters. The number of hydrogen-bond acceptors (Lipinski definition) is 5. The van der Waals surface area contributed by atoms with Gasteiger partial charge in [0, 0.05) is 6.42 Å². The maximum atomic E-state index is 11.8. The molecule has 6 heteroatoms. The Balaban J connectivity index is 2.73. The summed E-state index contributed by atoms with van der Waals surface area (Å²) < 4.78 is 5.14. The van der Waals surface area contributed by atoms with Gasteiger partial charge >= 0.3 is 6.09 Å². The van der Waals surface area contributed by atoms with Crippen LogP contribution in [-0.4, -0.2) is 57.9 Å². The van der Waals surface area contributed by atoms with Crippen LogP contribution in [0.4, 0.5) is 4.79 Å². The molecule has 0 aromatic heterocycles. The number of ketones is 1. The Bertz CT molecular complexity index is 309. The molecule has 6 nitrogen and oxygen atoms in total. The van der Waals surface area contributed by atoms with Crippen molar-refractivity contribution in [2.45, 2.75) is 44.9 Å². The molecule has 1 saturated heterocycles. The van der Waals surface area contributed by atoms with E-state index in [0.717, 1.165) is 0 Å². The van der Waals surface area contributed by atoms with Crippen molar-refractivity contribution < 1.29 is 24.5 Å². The smallest absolute Gasteiger partial charge is 0.410 e. The number of hydrogen-bond donors (Lipinski definition) is 2. The van der Waals surface area contributed by atoms with E-state index in [1.165, 1.54) is 4.90 Å². The fraction of sp³-hybridized carbons (Fsp3) is 0.818. The van der Waals surface area contributed by atoms with Gasteiger partial charge in [0.1, 0.15) is 12.2 Å². The van der Waals surface area contributed by atoms with Gasteiger partial charge in [0.05, 0.1) is 18.7 Å². The minimum Gasteiger partial charge on any atom is -0.444 e. The molecule has 2 N–H and O–H groups in total. The molecule has 1 heterocycles. The Hall–Kier alpha value is -1.14. The molecule has 0 saturated carbocycles. The van der Waals surface area contributed by atoms with Crippen molar-refractivity contribution in [3.63, 3.8) is 0 Å². The Morgan fingerprint density at radius 2 is 2.00 bits per heavy atom. The first kappa shape index (κ1) is 13.9. The van der Waals surface area contributed by atoms with Crippen LogP contribution >= 0.6 is 0 Å². The third-order valence-electron chi connectivity index (χ3n) is 2.43. The lowest BCUT2D eigenvalue weighted by atomic mass is 10.1. The third kappa shape index (κ3) is 3.67. The van der Waals surface area contributed by atoms with Crippen LogP contribution in [0.3, 0.4) is 0 Å². The number of ether oxygens (including phenoxy) is 1. The molecule has 1 amide bonds. The van der Waals surface area contributed by atoms with Crippen LogP contribution in [0.1, 0.15) is 27.2 Å². The van der Waals surface area contributed by atoms with Crippen LogP contribution < -0.4 is 0 Å². The van der Waals surface area contributed by atoms with Crippen molar-refractivity contribution in [3.8, 4) is 0 Å². The lowest BCUT2D eigenvalue weighted by Gasteiger charge is -2.27. The zero-order valence-electron chi connectivity index (χ0n) is 10.3. The molecular formula is C11H19NO5. The molecule has 0 aromatic carbocycles. The van der Waals surface area contributed by atoms with E-state index < -0.39 is 36.2 Å². The number of aliphatic hydroxyl groups excluding tert-OH is 2. The zero-order chi connectivity index (χ0) is 13.2. The van der Waals surface area contributed by atoms with Crippen molar-refractivity contribution in [2.24, 2.45) is 0 Å². The number of rotatable bonds is 2. The molecule has 1 aliphatic rings. The van der Waals surface area contributed by atoms with Crippen LogP contribution in [0.5, 0.6) is 0 Å². The van der Waals surface area contributed by atoms with Gasteiger partial charge in [0.15, 0.2) is 5.78 Å². The standard InChI is InChI=1S/C11H19NO5/c1-11(2,3)17-10(16)12-5-7(14)4-8(12)9(15)6-13/h7-8,13-14H,4-6H2,1-3H3/t7-,8+/m1/s1. The fourth-order valence-corrected chi connectivity index (χ4v) is 1.75. The second-order valence-corrected chi connectivity index (χ2v) is 5.16. The first-order valence-corrected chi connectivity index (χ1v) is 5.56. The Labute approximate surface area is 100 Å². The molecule has 0 aromatic rings. The zero-order valence-corrected chi connectivity index (χ0v) is 10.3. The van der Waals surface area contributed by atoms with Crippen LogP contribution in [0.15, 0.2) is 0 Å². The van der Waals surface area contributed by atoms with E-state index in [4.69, 9.17) is 9.84 Å².